The molecule has 3 aliphatic heterocycles. The van der Waals surface area contributed by atoms with Crippen LogP contribution in [0.4, 0.5) is 8.78 Å². The number of benzene rings is 2. The summed E-state index contributed by atoms with van der Waals surface area (Å²) in [7, 11) is 2.62. The fourth-order valence-electron chi connectivity index (χ4n) is 7.14. The Morgan fingerprint density at radius 1 is 0.980 bits per heavy atom. The van der Waals surface area contributed by atoms with Crippen molar-refractivity contribution >= 4 is 17.8 Å². The summed E-state index contributed by atoms with van der Waals surface area (Å²) in [5.41, 5.74) is 0.128. The molecule has 2 aromatic carbocycles. The molecule has 0 radical (unpaired) electrons. The van der Waals surface area contributed by atoms with E-state index in [-0.39, 0.29) is 66.4 Å². The maximum absolute atomic E-state index is 14.9. The Kier molecular flexibility index (Phi) is 11.0. The lowest BCUT2D eigenvalue weighted by atomic mass is 9.84. The van der Waals surface area contributed by atoms with Crippen LogP contribution in [0.5, 0.6) is 23.0 Å². The topological polar surface area (TPSA) is 194 Å². The summed E-state index contributed by atoms with van der Waals surface area (Å²) in [4.78, 5) is 41.8. The highest BCUT2D eigenvalue weighted by molar-refractivity contribution is 5.95. The lowest BCUT2D eigenvalue weighted by molar-refractivity contribution is -0.135. The SMILES string of the molecule is COc1ccc(C(=O)NCCCN(CCCNC(=O)c2ccc(O)c(O)c2F)CC2=C(C(=O)O)N3C4OC4C(C(C)O)[C@H]3[C@H]2C)c(F)c1OC. The first kappa shape index (κ1) is 36.6. The van der Waals surface area contributed by atoms with Gasteiger partial charge in [-0.25, -0.2) is 13.6 Å². The van der Waals surface area contributed by atoms with Crippen LogP contribution >= 0.6 is 0 Å². The number of phenols is 2. The van der Waals surface area contributed by atoms with Crippen LogP contribution in [0.1, 0.15) is 47.4 Å². The highest BCUT2D eigenvalue weighted by atomic mass is 19.1. The molecule has 0 bridgehead atoms. The van der Waals surface area contributed by atoms with Crippen LogP contribution in [0.15, 0.2) is 35.5 Å². The molecular formula is C34H42F2N4O10. The van der Waals surface area contributed by atoms with E-state index in [1.54, 1.807) is 11.8 Å². The van der Waals surface area contributed by atoms with Crippen LogP contribution < -0.4 is 20.1 Å². The van der Waals surface area contributed by atoms with Gasteiger partial charge in [-0.2, -0.15) is 0 Å². The molecular weight excluding hydrogens is 662 g/mol. The third kappa shape index (κ3) is 7.00. The number of aliphatic hydroxyl groups is 1. The summed E-state index contributed by atoms with van der Waals surface area (Å²) < 4.78 is 45.1. The number of aliphatic carboxylic acids is 1. The molecule has 0 saturated carbocycles. The minimum absolute atomic E-state index is 0.0998. The highest BCUT2D eigenvalue weighted by Crippen LogP contribution is 2.55. The van der Waals surface area contributed by atoms with Gasteiger partial charge in [0.05, 0.1) is 31.5 Å². The molecule has 6 atom stereocenters. The molecule has 0 spiro atoms. The Balaban J connectivity index is 1.26. The van der Waals surface area contributed by atoms with Crippen LogP contribution in [0.3, 0.4) is 0 Å². The zero-order chi connectivity index (χ0) is 36.4. The smallest absolute Gasteiger partial charge is 0.352 e. The Bertz CT molecular complexity index is 1670. The molecule has 4 unspecified atom stereocenters. The zero-order valence-corrected chi connectivity index (χ0v) is 28.1. The van der Waals surface area contributed by atoms with Gasteiger partial charge in [0.15, 0.2) is 40.9 Å². The first-order valence-electron chi connectivity index (χ1n) is 16.3. The number of ether oxygens (including phenoxy) is 3. The van der Waals surface area contributed by atoms with Crippen molar-refractivity contribution in [2.45, 2.75) is 51.2 Å². The fourth-order valence-corrected chi connectivity index (χ4v) is 7.14. The van der Waals surface area contributed by atoms with Crippen molar-refractivity contribution in [3.05, 3.63) is 58.3 Å². The molecule has 2 amide bonds. The van der Waals surface area contributed by atoms with Gasteiger partial charge >= 0.3 is 5.97 Å². The number of rotatable bonds is 16. The van der Waals surface area contributed by atoms with E-state index in [0.29, 0.717) is 31.5 Å². The molecule has 6 N–H and O–H groups in total. The van der Waals surface area contributed by atoms with Gasteiger partial charge in [0, 0.05) is 50.6 Å². The number of carbonyl (C=O) groups excluding carboxylic acids is 2. The van der Waals surface area contributed by atoms with Gasteiger partial charge in [-0.3, -0.25) is 14.5 Å². The molecule has 2 aromatic rings. The number of carbonyl (C=O) groups is 3. The van der Waals surface area contributed by atoms with Crippen molar-refractivity contribution in [3.8, 4) is 23.0 Å². The van der Waals surface area contributed by atoms with Gasteiger partial charge in [-0.05, 0) is 49.6 Å². The number of amides is 2. The van der Waals surface area contributed by atoms with E-state index in [9.17, 15) is 43.6 Å². The fraction of sp³-hybridized carbons (Fsp3) is 0.500. The molecule has 0 aliphatic carbocycles. The zero-order valence-electron chi connectivity index (χ0n) is 28.1. The van der Waals surface area contributed by atoms with Crippen molar-refractivity contribution in [1.29, 1.82) is 0 Å². The Morgan fingerprint density at radius 2 is 1.58 bits per heavy atom. The molecule has 14 nitrogen and oxygen atoms in total. The lowest BCUT2D eigenvalue weighted by Gasteiger charge is -2.31. The first-order valence-corrected chi connectivity index (χ1v) is 16.3. The molecule has 0 aromatic heterocycles. The van der Waals surface area contributed by atoms with Gasteiger partial charge in [-0.15, -0.1) is 0 Å². The normalized spacial score (nSPS) is 22.6. The molecule has 3 aliphatic rings. The second-order valence-electron chi connectivity index (χ2n) is 12.6. The third-order valence-electron chi connectivity index (χ3n) is 9.59. The number of aliphatic hydroxyl groups excluding tert-OH is 1. The number of nitrogens with zero attached hydrogens (tertiary/aromatic N) is 2. The Morgan fingerprint density at radius 3 is 2.14 bits per heavy atom. The van der Waals surface area contributed by atoms with E-state index in [1.165, 1.54) is 26.4 Å². The first-order chi connectivity index (χ1) is 23.8. The standard InChI is InChI=1S/C34H42F2N4O10/c1-16-20(27(34(46)47)40-26(16)23(17(2)41)30-33(40)50-30)15-39(13-5-11-37-31(44)18-7-9-21(42)28(43)24(18)35)14-6-12-38-32(45)19-8-10-22(48-3)29(49-4)25(19)36/h7-10,16-17,23,26,30,33,41-43H,5-6,11-15H2,1-4H3,(H,37,44)(H,38,45)(H,46,47)/t16-,17?,23?,26+,30?,33?/m0/s1. The van der Waals surface area contributed by atoms with Gasteiger partial charge in [0.1, 0.15) is 11.8 Å². The number of halogens is 2. The molecule has 16 heteroatoms. The number of epoxide rings is 1. The van der Waals surface area contributed by atoms with E-state index in [2.05, 4.69) is 10.6 Å². The van der Waals surface area contributed by atoms with Crippen LogP contribution in [0, 0.1) is 23.5 Å². The second kappa shape index (κ2) is 15.1. The lowest BCUT2D eigenvalue weighted by Crippen LogP contribution is -2.41. The summed E-state index contributed by atoms with van der Waals surface area (Å²) in [5, 5.41) is 45.2. The van der Waals surface area contributed by atoms with Crippen molar-refractivity contribution < 1.29 is 57.8 Å². The second-order valence-corrected chi connectivity index (χ2v) is 12.6. The maximum Gasteiger partial charge on any atom is 0.352 e. The van der Waals surface area contributed by atoms with Crippen LogP contribution in [-0.2, 0) is 9.53 Å². The molecule has 5 rings (SSSR count). The number of fused-ring (bicyclic) bond motifs is 3. The number of nitrogens with one attached hydrogen (secondary N) is 2. The minimum Gasteiger partial charge on any atom is -0.504 e. The Hall–Kier alpha value is -4.67. The molecule has 50 heavy (non-hydrogen) atoms. The van der Waals surface area contributed by atoms with Crippen LogP contribution in [0.25, 0.3) is 0 Å². The maximum atomic E-state index is 14.9. The number of phenolic OH excluding ortho intramolecular Hbond substituents is 2. The highest BCUT2D eigenvalue weighted by Gasteiger charge is 2.67. The van der Waals surface area contributed by atoms with Crippen molar-refractivity contribution in [2.24, 2.45) is 11.8 Å². The molecule has 2 fully saturated rings. The largest absolute Gasteiger partial charge is 0.504 e. The quantitative estimate of drug-likeness (QED) is 0.0848. The molecule has 272 valence electrons. The summed E-state index contributed by atoms with van der Waals surface area (Å²) in [6.45, 7) is 4.82. The third-order valence-corrected chi connectivity index (χ3v) is 9.59. The summed E-state index contributed by atoms with van der Waals surface area (Å²) in [6, 6.07) is 4.52. The number of methoxy groups -OCH3 is 2. The predicted octanol–water partition coefficient (Wildman–Crippen LogP) is 2.03. The average Bonchev–Trinajstić information content (AvgIpc) is 3.71. The van der Waals surface area contributed by atoms with Gasteiger partial charge < -0.3 is 50.2 Å². The van der Waals surface area contributed by atoms with E-state index in [0.717, 1.165) is 12.1 Å². The predicted molar refractivity (Wildman–Crippen MR) is 173 cm³/mol. The number of aromatic hydroxyl groups is 2. The van der Waals surface area contributed by atoms with Crippen LogP contribution in [0.2, 0.25) is 0 Å². The van der Waals surface area contributed by atoms with Crippen molar-refractivity contribution in [1.82, 2.24) is 20.4 Å². The van der Waals surface area contributed by atoms with Gasteiger partial charge in [0.25, 0.3) is 11.8 Å². The van der Waals surface area contributed by atoms with Gasteiger partial charge in [0.2, 0.25) is 0 Å². The molecule has 3 heterocycles. The van der Waals surface area contributed by atoms with E-state index < -0.39 is 58.8 Å². The van der Waals surface area contributed by atoms with Crippen LogP contribution in [-0.4, -0.2) is 119 Å². The number of hydrogen-bond acceptors (Lipinski definition) is 11. The monoisotopic (exact) mass is 704 g/mol. The molecule has 2 saturated heterocycles. The summed E-state index contributed by atoms with van der Waals surface area (Å²) in [6.07, 6.45) is -0.608. The Labute approximate surface area is 287 Å². The van der Waals surface area contributed by atoms with E-state index in [1.807, 2.05) is 11.8 Å². The number of hydrogen-bond donors (Lipinski definition) is 6. The number of carboxylic acids is 1. The van der Waals surface area contributed by atoms with E-state index >= 15 is 0 Å². The minimum atomic E-state index is -1.25. The van der Waals surface area contributed by atoms with Crippen molar-refractivity contribution in [2.75, 3.05) is 46.9 Å². The van der Waals surface area contributed by atoms with E-state index in [4.69, 9.17) is 14.2 Å². The summed E-state index contributed by atoms with van der Waals surface area (Å²) >= 11 is 0. The van der Waals surface area contributed by atoms with Gasteiger partial charge in [-0.1, -0.05) is 6.92 Å². The number of carboxylic acid groups (broad SMARTS) is 1. The average molecular weight is 705 g/mol. The summed E-state index contributed by atoms with van der Waals surface area (Å²) in [5.74, 6) is -6.94. The van der Waals surface area contributed by atoms with Crippen molar-refractivity contribution in [3.63, 3.8) is 0 Å².